The molecule has 0 aliphatic heterocycles. The first-order chi connectivity index (χ1) is 10.7. The summed E-state index contributed by atoms with van der Waals surface area (Å²) in [6, 6.07) is 14.0. The molecule has 0 unspecified atom stereocenters. The van der Waals surface area contributed by atoms with E-state index in [2.05, 4.69) is 28.3 Å². The van der Waals surface area contributed by atoms with Crippen LogP contribution in [0, 0.1) is 6.92 Å². The molecule has 0 radical (unpaired) electrons. The van der Waals surface area contributed by atoms with E-state index in [0.717, 1.165) is 33.9 Å². The highest BCUT2D eigenvalue weighted by atomic mass is 14.9. The number of nitrogens with zero attached hydrogens (tertiary/aromatic N) is 2. The van der Waals surface area contributed by atoms with Gasteiger partial charge in [0.15, 0.2) is 0 Å². The quantitative estimate of drug-likeness (QED) is 0.721. The third-order valence-electron chi connectivity index (χ3n) is 3.64. The van der Waals surface area contributed by atoms with Crippen LogP contribution in [-0.2, 0) is 0 Å². The number of nitrogens with one attached hydrogen (secondary N) is 1. The molecule has 0 spiro atoms. The van der Waals surface area contributed by atoms with Gasteiger partial charge in [-0.1, -0.05) is 6.07 Å². The summed E-state index contributed by atoms with van der Waals surface area (Å²) in [6.07, 6.45) is 3.61. The molecule has 0 saturated heterocycles. The summed E-state index contributed by atoms with van der Waals surface area (Å²) in [5.74, 6) is 0.824. The van der Waals surface area contributed by atoms with Gasteiger partial charge in [-0.2, -0.15) is 0 Å². The van der Waals surface area contributed by atoms with Gasteiger partial charge in [-0.3, -0.25) is 4.98 Å². The normalized spacial score (nSPS) is 10.5. The van der Waals surface area contributed by atoms with Crippen molar-refractivity contribution in [1.82, 2.24) is 9.97 Å². The molecule has 0 aliphatic carbocycles. The number of aromatic nitrogens is 2. The summed E-state index contributed by atoms with van der Waals surface area (Å²) >= 11 is 0. The zero-order chi connectivity index (χ0) is 15.5. The second-order valence-electron chi connectivity index (χ2n) is 5.18. The van der Waals surface area contributed by atoms with Crippen LogP contribution in [0.25, 0.3) is 22.4 Å². The lowest BCUT2D eigenvalue weighted by Gasteiger charge is -2.09. The topological polar surface area (TPSA) is 63.8 Å². The zero-order valence-electron chi connectivity index (χ0n) is 12.7. The van der Waals surface area contributed by atoms with Crippen LogP contribution >= 0.6 is 0 Å². The van der Waals surface area contributed by atoms with Crippen LogP contribution in [0.4, 0.5) is 11.5 Å². The predicted octanol–water partition coefficient (Wildman–Crippen LogP) is 3.74. The number of nitrogens with two attached hydrogens (primary N) is 1. The monoisotopic (exact) mass is 290 g/mol. The maximum Gasteiger partial charge on any atom is 0.126 e. The van der Waals surface area contributed by atoms with Gasteiger partial charge in [0.2, 0.25) is 0 Å². The van der Waals surface area contributed by atoms with E-state index in [9.17, 15) is 0 Å². The van der Waals surface area contributed by atoms with Crippen molar-refractivity contribution in [1.29, 1.82) is 0 Å². The summed E-state index contributed by atoms with van der Waals surface area (Å²) in [4.78, 5) is 8.71. The minimum Gasteiger partial charge on any atom is -0.399 e. The highest BCUT2D eigenvalue weighted by molar-refractivity contribution is 5.75. The first kappa shape index (κ1) is 14.1. The first-order valence-electron chi connectivity index (χ1n) is 7.14. The van der Waals surface area contributed by atoms with Crippen molar-refractivity contribution < 1.29 is 0 Å². The van der Waals surface area contributed by atoms with Gasteiger partial charge in [0.1, 0.15) is 5.82 Å². The lowest BCUT2D eigenvalue weighted by atomic mass is 9.99. The smallest absolute Gasteiger partial charge is 0.126 e. The summed E-state index contributed by atoms with van der Waals surface area (Å²) < 4.78 is 0. The fourth-order valence-corrected chi connectivity index (χ4v) is 2.43. The Hall–Kier alpha value is -2.88. The SMILES string of the molecule is CNc1cc(-c2cc(-c3cc(N)ccc3C)ccn2)ccn1. The van der Waals surface area contributed by atoms with Crippen molar-refractivity contribution in [2.24, 2.45) is 0 Å². The van der Waals surface area contributed by atoms with Crippen LogP contribution in [0.2, 0.25) is 0 Å². The van der Waals surface area contributed by atoms with Gasteiger partial charge < -0.3 is 11.1 Å². The molecule has 4 nitrogen and oxygen atoms in total. The summed E-state index contributed by atoms with van der Waals surface area (Å²) in [5.41, 5.74) is 12.1. The molecule has 22 heavy (non-hydrogen) atoms. The number of pyridine rings is 2. The van der Waals surface area contributed by atoms with E-state index in [4.69, 9.17) is 5.73 Å². The highest BCUT2D eigenvalue weighted by Crippen LogP contribution is 2.28. The molecule has 0 atom stereocenters. The molecule has 0 bridgehead atoms. The average Bonchev–Trinajstić information content (AvgIpc) is 2.57. The van der Waals surface area contributed by atoms with Crippen molar-refractivity contribution in [2.45, 2.75) is 6.92 Å². The third kappa shape index (κ3) is 2.76. The van der Waals surface area contributed by atoms with E-state index < -0.39 is 0 Å². The maximum absolute atomic E-state index is 5.92. The molecule has 3 rings (SSSR count). The Morgan fingerprint density at radius 1 is 0.909 bits per heavy atom. The van der Waals surface area contributed by atoms with Crippen molar-refractivity contribution in [3.05, 3.63) is 60.4 Å². The summed E-state index contributed by atoms with van der Waals surface area (Å²) in [5, 5.41) is 3.04. The molecule has 0 fully saturated rings. The first-order valence-corrected chi connectivity index (χ1v) is 7.14. The molecule has 3 N–H and O–H groups in total. The number of hydrogen-bond acceptors (Lipinski definition) is 4. The van der Waals surface area contributed by atoms with E-state index in [1.54, 1.807) is 6.20 Å². The van der Waals surface area contributed by atoms with Crippen LogP contribution in [0.5, 0.6) is 0 Å². The van der Waals surface area contributed by atoms with Crippen LogP contribution in [0.1, 0.15) is 5.56 Å². The summed E-state index contributed by atoms with van der Waals surface area (Å²) in [6.45, 7) is 2.08. The minimum absolute atomic E-state index is 0.764. The van der Waals surface area contributed by atoms with Gasteiger partial charge in [-0.15, -0.1) is 0 Å². The summed E-state index contributed by atoms with van der Waals surface area (Å²) in [7, 11) is 1.85. The standard InChI is InChI=1S/C18H18N4/c1-12-3-4-15(19)11-16(12)13-5-7-21-17(9-13)14-6-8-22-18(10-14)20-2/h3-11H,19H2,1-2H3,(H,20,22). The second-order valence-corrected chi connectivity index (χ2v) is 5.18. The van der Waals surface area contributed by atoms with Gasteiger partial charge >= 0.3 is 0 Å². The van der Waals surface area contributed by atoms with Crippen LogP contribution in [-0.4, -0.2) is 17.0 Å². The van der Waals surface area contributed by atoms with Gasteiger partial charge in [0.25, 0.3) is 0 Å². The number of hydrogen-bond donors (Lipinski definition) is 2. The lowest BCUT2D eigenvalue weighted by molar-refractivity contribution is 1.26. The number of anilines is 2. The molecule has 3 aromatic rings. The van der Waals surface area contributed by atoms with E-state index in [0.29, 0.717) is 0 Å². The lowest BCUT2D eigenvalue weighted by Crippen LogP contribution is -1.93. The van der Waals surface area contributed by atoms with Gasteiger partial charge in [0, 0.05) is 30.7 Å². The van der Waals surface area contributed by atoms with E-state index in [1.807, 2.05) is 49.6 Å². The zero-order valence-corrected chi connectivity index (χ0v) is 12.7. The fourth-order valence-electron chi connectivity index (χ4n) is 2.43. The Morgan fingerprint density at radius 2 is 1.68 bits per heavy atom. The third-order valence-corrected chi connectivity index (χ3v) is 3.64. The minimum atomic E-state index is 0.764. The molecule has 1 aromatic carbocycles. The Balaban J connectivity index is 2.07. The molecule has 110 valence electrons. The van der Waals surface area contributed by atoms with Crippen LogP contribution in [0.3, 0.4) is 0 Å². The molecular formula is C18H18N4. The van der Waals surface area contributed by atoms with E-state index in [1.165, 1.54) is 5.56 Å². The Bertz CT molecular complexity index is 812. The highest BCUT2D eigenvalue weighted by Gasteiger charge is 2.06. The maximum atomic E-state index is 5.92. The van der Waals surface area contributed by atoms with Crippen LogP contribution < -0.4 is 11.1 Å². The number of benzene rings is 1. The van der Waals surface area contributed by atoms with E-state index >= 15 is 0 Å². The molecule has 0 aliphatic rings. The number of nitrogen functional groups attached to an aromatic ring is 1. The van der Waals surface area contributed by atoms with Crippen molar-refractivity contribution in [3.8, 4) is 22.4 Å². The molecule has 2 heterocycles. The van der Waals surface area contributed by atoms with E-state index in [-0.39, 0.29) is 0 Å². The Kier molecular flexibility index (Phi) is 3.74. The van der Waals surface area contributed by atoms with Crippen LogP contribution in [0.15, 0.2) is 54.9 Å². The number of rotatable bonds is 3. The molecule has 2 aromatic heterocycles. The fraction of sp³-hybridized carbons (Fsp3) is 0.111. The van der Waals surface area contributed by atoms with Crippen molar-refractivity contribution in [3.63, 3.8) is 0 Å². The van der Waals surface area contributed by atoms with Crippen molar-refractivity contribution >= 4 is 11.5 Å². The molecule has 0 amide bonds. The van der Waals surface area contributed by atoms with Gasteiger partial charge in [-0.05, 0) is 60.0 Å². The molecule has 0 saturated carbocycles. The van der Waals surface area contributed by atoms with Gasteiger partial charge in [0.05, 0.1) is 5.69 Å². The number of aryl methyl sites for hydroxylation is 1. The van der Waals surface area contributed by atoms with Gasteiger partial charge in [-0.25, -0.2) is 4.98 Å². The molecular weight excluding hydrogens is 272 g/mol. The second kappa shape index (κ2) is 5.85. The largest absolute Gasteiger partial charge is 0.399 e. The van der Waals surface area contributed by atoms with Crippen molar-refractivity contribution in [2.75, 3.05) is 18.1 Å². The Labute approximate surface area is 130 Å². The Morgan fingerprint density at radius 3 is 2.50 bits per heavy atom. The molecule has 4 heteroatoms. The predicted molar refractivity (Wildman–Crippen MR) is 91.6 cm³/mol. The average molecular weight is 290 g/mol.